The summed E-state index contributed by atoms with van der Waals surface area (Å²) in [6.07, 6.45) is 4.33. The smallest absolute Gasteiger partial charge is 0.317 e. The summed E-state index contributed by atoms with van der Waals surface area (Å²) in [6, 6.07) is 10.2. The number of nitrogens with zero attached hydrogens (tertiary/aromatic N) is 2. The normalized spacial score (nSPS) is 21.9. The first-order chi connectivity index (χ1) is 11.1. The zero-order valence-electron chi connectivity index (χ0n) is 13.5. The van der Waals surface area contributed by atoms with Crippen molar-refractivity contribution >= 4 is 17.5 Å². The summed E-state index contributed by atoms with van der Waals surface area (Å²) in [6.45, 7) is 1.97. The minimum atomic E-state index is -0.0284. The number of benzene rings is 1. The monoisotopic (exact) mass is 313 g/mol. The third-order valence-corrected chi connectivity index (χ3v) is 4.54. The number of carbonyl (C=O) groups is 2. The molecule has 23 heavy (non-hydrogen) atoms. The van der Waals surface area contributed by atoms with Crippen molar-refractivity contribution in [3.63, 3.8) is 0 Å². The number of carbonyl (C=O) groups excluding carboxylic acids is 2. The number of amides is 3. The van der Waals surface area contributed by atoms with Gasteiger partial charge in [0, 0.05) is 39.1 Å². The fraction of sp³-hybridized carbons (Fsp3) is 0.444. The molecule has 1 N–H and O–H groups in total. The lowest BCUT2D eigenvalue weighted by atomic mass is 10.0. The van der Waals surface area contributed by atoms with E-state index in [2.05, 4.69) is 23.5 Å². The maximum atomic E-state index is 12.5. The molecule has 0 spiro atoms. The van der Waals surface area contributed by atoms with Crippen molar-refractivity contribution in [3.8, 4) is 0 Å². The predicted molar refractivity (Wildman–Crippen MR) is 89.8 cm³/mol. The molecule has 2 heterocycles. The summed E-state index contributed by atoms with van der Waals surface area (Å²) in [5, 5.41) is 3.08. The maximum Gasteiger partial charge on any atom is 0.317 e. The summed E-state index contributed by atoms with van der Waals surface area (Å²) in [5.41, 5.74) is 2.37. The molecule has 3 rings (SSSR count). The SMILES string of the molecule is CN1CC(NC(=O)N2CCC=C(c3ccccc3)C2)CCC1=O. The van der Waals surface area contributed by atoms with Crippen molar-refractivity contribution in [2.24, 2.45) is 0 Å². The molecule has 3 amide bonds. The Kier molecular flexibility index (Phi) is 4.65. The highest BCUT2D eigenvalue weighted by Crippen LogP contribution is 2.21. The van der Waals surface area contributed by atoms with Crippen molar-refractivity contribution in [2.45, 2.75) is 25.3 Å². The van der Waals surface area contributed by atoms with Gasteiger partial charge in [-0.2, -0.15) is 0 Å². The molecule has 0 saturated carbocycles. The minimum absolute atomic E-state index is 0.0284. The summed E-state index contributed by atoms with van der Waals surface area (Å²) in [5.74, 6) is 0.155. The average molecular weight is 313 g/mol. The second kappa shape index (κ2) is 6.86. The molecule has 1 saturated heterocycles. The lowest BCUT2D eigenvalue weighted by Crippen LogP contribution is -2.52. The number of hydrogen-bond donors (Lipinski definition) is 1. The number of nitrogens with one attached hydrogen (secondary N) is 1. The predicted octanol–water partition coefficient (Wildman–Crippen LogP) is 2.11. The molecule has 5 heteroatoms. The lowest BCUT2D eigenvalue weighted by Gasteiger charge is -2.33. The van der Waals surface area contributed by atoms with Crippen LogP contribution in [0.2, 0.25) is 0 Å². The van der Waals surface area contributed by atoms with Crippen LogP contribution in [0, 0.1) is 0 Å². The van der Waals surface area contributed by atoms with Crippen LogP contribution < -0.4 is 5.32 Å². The molecular weight excluding hydrogens is 290 g/mol. The van der Waals surface area contributed by atoms with Gasteiger partial charge in [0.2, 0.25) is 5.91 Å². The molecule has 1 fully saturated rings. The van der Waals surface area contributed by atoms with Crippen LogP contribution in [0.25, 0.3) is 5.57 Å². The van der Waals surface area contributed by atoms with Gasteiger partial charge in [-0.15, -0.1) is 0 Å². The molecule has 0 radical (unpaired) electrons. The van der Waals surface area contributed by atoms with Gasteiger partial charge in [0.05, 0.1) is 0 Å². The van der Waals surface area contributed by atoms with E-state index in [1.807, 2.05) is 23.1 Å². The van der Waals surface area contributed by atoms with Gasteiger partial charge in [0.15, 0.2) is 0 Å². The van der Waals surface area contributed by atoms with Crippen LogP contribution in [0.1, 0.15) is 24.8 Å². The van der Waals surface area contributed by atoms with Crippen molar-refractivity contribution in [1.82, 2.24) is 15.1 Å². The third-order valence-electron chi connectivity index (χ3n) is 4.54. The van der Waals surface area contributed by atoms with Crippen molar-refractivity contribution in [1.29, 1.82) is 0 Å². The van der Waals surface area contributed by atoms with E-state index in [-0.39, 0.29) is 18.0 Å². The van der Waals surface area contributed by atoms with E-state index in [0.29, 0.717) is 19.5 Å². The number of likely N-dealkylation sites (tertiary alicyclic amines) is 1. The van der Waals surface area contributed by atoms with Crippen LogP contribution in [0.15, 0.2) is 36.4 Å². The van der Waals surface area contributed by atoms with E-state index < -0.39 is 0 Å². The van der Waals surface area contributed by atoms with Crippen LogP contribution in [-0.2, 0) is 4.79 Å². The Morgan fingerprint density at radius 3 is 2.78 bits per heavy atom. The highest BCUT2D eigenvalue weighted by Gasteiger charge is 2.26. The summed E-state index contributed by atoms with van der Waals surface area (Å²) in [7, 11) is 1.79. The van der Waals surface area contributed by atoms with Crippen molar-refractivity contribution < 1.29 is 9.59 Å². The van der Waals surface area contributed by atoms with Gasteiger partial charge in [-0.05, 0) is 24.0 Å². The van der Waals surface area contributed by atoms with Crippen LogP contribution in [0.3, 0.4) is 0 Å². The average Bonchev–Trinajstić information content (AvgIpc) is 2.59. The molecule has 1 atom stereocenters. The molecule has 0 aromatic heterocycles. The van der Waals surface area contributed by atoms with E-state index in [1.165, 1.54) is 11.1 Å². The Balaban J connectivity index is 1.58. The Morgan fingerprint density at radius 1 is 1.26 bits per heavy atom. The van der Waals surface area contributed by atoms with Crippen LogP contribution in [-0.4, -0.2) is 54.5 Å². The molecule has 2 aliphatic heterocycles. The Labute approximate surface area is 137 Å². The zero-order chi connectivity index (χ0) is 16.2. The van der Waals surface area contributed by atoms with Crippen molar-refractivity contribution in [3.05, 3.63) is 42.0 Å². The minimum Gasteiger partial charge on any atom is -0.344 e. The van der Waals surface area contributed by atoms with Crippen LogP contribution in [0.5, 0.6) is 0 Å². The van der Waals surface area contributed by atoms with Gasteiger partial charge >= 0.3 is 6.03 Å². The van der Waals surface area contributed by atoms with Gasteiger partial charge < -0.3 is 15.1 Å². The second-order valence-corrected chi connectivity index (χ2v) is 6.26. The second-order valence-electron chi connectivity index (χ2n) is 6.26. The molecule has 1 unspecified atom stereocenters. The maximum absolute atomic E-state index is 12.5. The molecule has 5 nitrogen and oxygen atoms in total. The molecule has 2 aliphatic rings. The fourth-order valence-corrected chi connectivity index (χ4v) is 3.17. The van der Waals surface area contributed by atoms with Crippen LogP contribution >= 0.6 is 0 Å². The standard InChI is InChI=1S/C18H23N3O2/c1-20-13-16(9-10-17(20)22)19-18(23)21-11-5-8-15(12-21)14-6-3-2-4-7-14/h2-4,6-8,16H,5,9-13H2,1H3,(H,19,23). The highest BCUT2D eigenvalue weighted by molar-refractivity contribution is 5.80. The molecule has 0 aliphatic carbocycles. The molecular formula is C18H23N3O2. The lowest BCUT2D eigenvalue weighted by molar-refractivity contribution is -0.132. The van der Waals surface area contributed by atoms with Gasteiger partial charge in [0.25, 0.3) is 0 Å². The first-order valence-corrected chi connectivity index (χ1v) is 8.17. The number of urea groups is 1. The number of hydrogen-bond acceptors (Lipinski definition) is 2. The first kappa shape index (κ1) is 15.6. The number of piperidine rings is 1. The molecule has 1 aromatic rings. The van der Waals surface area contributed by atoms with Crippen molar-refractivity contribution in [2.75, 3.05) is 26.7 Å². The molecule has 1 aromatic carbocycles. The summed E-state index contributed by atoms with van der Waals surface area (Å²) >= 11 is 0. The van der Waals surface area contributed by atoms with E-state index >= 15 is 0 Å². The fourth-order valence-electron chi connectivity index (χ4n) is 3.17. The Hall–Kier alpha value is -2.30. The Bertz CT molecular complexity index is 612. The van der Waals surface area contributed by atoms with E-state index in [9.17, 15) is 9.59 Å². The first-order valence-electron chi connectivity index (χ1n) is 8.17. The zero-order valence-corrected chi connectivity index (χ0v) is 13.5. The van der Waals surface area contributed by atoms with Crippen LogP contribution in [0.4, 0.5) is 4.79 Å². The van der Waals surface area contributed by atoms with E-state index in [0.717, 1.165) is 19.4 Å². The number of rotatable bonds is 2. The van der Waals surface area contributed by atoms with Gasteiger partial charge in [-0.25, -0.2) is 4.79 Å². The van der Waals surface area contributed by atoms with Gasteiger partial charge in [-0.3, -0.25) is 4.79 Å². The topological polar surface area (TPSA) is 52.7 Å². The Morgan fingerprint density at radius 2 is 2.04 bits per heavy atom. The van der Waals surface area contributed by atoms with E-state index in [4.69, 9.17) is 0 Å². The number of likely N-dealkylation sites (N-methyl/N-ethyl adjacent to an activating group) is 1. The third kappa shape index (κ3) is 3.73. The molecule has 0 bridgehead atoms. The largest absolute Gasteiger partial charge is 0.344 e. The molecule has 122 valence electrons. The van der Waals surface area contributed by atoms with E-state index in [1.54, 1.807) is 11.9 Å². The summed E-state index contributed by atoms with van der Waals surface area (Å²) in [4.78, 5) is 27.6. The highest BCUT2D eigenvalue weighted by atomic mass is 16.2. The van der Waals surface area contributed by atoms with Gasteiger partial charge in [0.1, 0.15) is 0 Å². The summed E-state index contributed by atoms with van der Waals surface area (Å²) < 4.78 is 0. The quantitative estimate of drug-likeness (QED) is 0.909. The van der Waals surface area contributed by atoms with Gasteiger partial charge in [-0.1, -0.05) is 36.4 Å².